The van der Waals surface area contributed by atoms with Gasteiger partial charge in [0, 0.05) is 18.2 Å². The SMILES string of the molecule is Cc1ccc([N+](=O)[O-])c(NC(C)(CN)CC(C)C)c1. The fourth-order valence-electron chi connectivity index (χ4n) is 2.32. The monoisotopic (exact) mass is 265 g/mol. The average Bonchev–Trinajstić information content (AvgIpc) is 2.27. The lowest BCUT2D eigenvalue weighted by Gasteiger charge is -2.32. The van der Waals surface area contributed by atoms with Gasteiger partial charge in [0.2, 0.25) is 0 Å². The van der Waals surface area contributed by atoms with Gasteiger partial charge in [0.25, 0.3) is 5.69 Å². The van der Waals surface area contributed by atoms with Crippen molar-refractivity contribution >= 4 is 11.4 Å². The molecule has 0 aromatic heterocycles. The maximum Gasteiger partial charge on any atom is 0.292 e. The number of nitrogens with zero attached hydrogens (tertiary/aromatic N) is 1. The maximum absolute atomic E-state index is 11.1. The van der Waals surface area contributed by atoms with Crippen LogP contribution in [-0.2, 0) is 0 Å². The smallest absolute Gasteiger partial charge is 0.292 e. The highest BCUT2D eigenvalue weighted by Crippen LogP contribution is 2.30. The predicted molar refractivity (Wildman–Crippen MR) is 78.4 cm³/mol. The molecule has 5 nitrogen and oxygen atoms in total. The molecule has 3 N–H and O–H groups in total. The van der Waals surface area contributed by atoms with Crippen molar-refractivity contribution < 1.29 is 4.92 Å². The molecule has 0 aliphatic heterocycles. The first kappa shape index (κ1) is 15.4. The molecular formula is C14H23N3O2. The van der Waals surface area contributed by atoms with Crippen molar-refractivity contribution in [1.29, 1.82) is 0 Å². The number of hydrogen-bond donors (Lipinski definition) is 2. The summed E-state index contributed by atoms with van der Waals surface area (Å²) in [6, 6.07) is 5.07. The number of anilines is 1. The largest absolute Gasteiger partial charge is 0.373 e. The van der Waals surface area contributed by atoms with E-state index >= 15 is 0 Å². The molecule has 0 radical (unpaired) electrons. The highest BCUT2D eigenvalue weighted by molar-refractivity contribution is 5.63. The predicted octanol–water partition coefficient (Wildman–Crippen LogP) is 3.08. The third-order valence-electron chi connectivity index (χ3n) is 3.09. The number of nitrogens with two attached hydrogens (primary N) is 1. The fraction of sp³-hybridized carbons (Fsp3) is 0.571. The zero-order chi connectivity index (χ0) is 14.6. The molecule has 5 heteroatoms. The number of rotatable bonds is 6. The van der Waals surface area contributed by atoms with Crippen molar-refractivity contribution in [1.82, 2.24) is 0 Å². The summed E-state index contributed by atoms with van der Waals surface area (Å²) >= 11 is 0. The summed E-state index contributed by atoms with van der Waals surface area (Å²) in [5.41, 5.74) is 7.11. The van der Waals surface area contributed by atoms with Gasteiger partial charge in [-0.3, -0.25) is 10.1 Å². The molecule has 1 rings (SSSR count). The Morgan fingerprint density at radius 1 is 1.47 bits per heavy atom. The molecule has 0 fully saturated rings. The van der Waals surface area contributed by atoms with Crippen molar-refractivity contribution in [2.24, 2.45) is 11.7 Å². The molecule has 0 bridgehead atoms. The lowest BCUT2D eigenvalue weighted by atomic mass is 9.90. The summed E-state index contributed by atoms with van der Waals surface area (Å²) in [6.45, 7) is 8.56. The molecule has 1 atom stereocenters. The van der Waals surface area contributed by atoms with Gasteiger partial charge in [0.05, 0.1) is 4.92 Å². The van der Waals surface area contributed by atoms with Gasteiger partial charge in [-0.1, -0.05) is 19.9 Å². The van der Waals surface area contributed by atoms with Crippen LogP contribution < -0.4 is 11.1 Å². The van der Waals surface area contributed by atoms with E-state index in [1.807, 2.05) is 13.8 Å². The Morgan fingerprint density at radius 3 is 2.58 bits per heavy atom. The van der Waals surface area contributed by atoms with Crippen LogP contribution >= 0.6 is 0 Å². The van der Waals surface area contributed by atoms with Crippen molar-refractivity contribution in [3.63, 3.8) is 0 Å². The van der Waals surface area contributed by atoms with Crippen LogP contribution in [0.5, 0.6) is 0 Å². The van der Waals surface area contributed by atoms with Crippen molar-refractivity contribution in [3.8, 4) is 0 Å². The van der Waals surface area contributed by atoms with Crippen LogP contribution in [0, 0.1) is 23.0 Å². The normalized spacial score (nSPS) is 14.2. The number of nitro groups is 1. The van der Waals surface area contributed by atoms with E-state index in [2.05, 4.69) is 19.2 Å². The topological polar surface area (TPSA) is 81.2 Å². The van der Waals surface area contributed by atoms with E-state index in [0.717, 1.165) is 12.0 Å². The van der Waals surface area contributed by atoms with E-state index in [1.165, 1.54) is 6.07 Å². The molecular weight excluding hydrogens is 242 g/mol. The molecule has 0 heterocycles. The first-order chi connectivity index (χ1) is 8.77. The molecule has 0 saturated carbocycles. The first-order valence-corrected chi connectivity index (χ1v) is 6.51. The highest BCUT2D eigenvalue weighted by Gasteiger charge is 2.26. The fourth-order valence-corrected chi connectivity index (χ4v) is 2.32. The van der Waals surface area contributed by atoms with E-state index in [-0.39, 0.29) is 16.1 Å². The molecule has 106 valence electrons. The molecule has 0 saturated heterocycles. The Labute approximate surface area is 114 Å². The van der Waals surface area contributed by atoms with E-state index in [9.17, 15) is 10.1 Å². The van der Waals surface area contributed by atoms with Crippen LogP contribution in [0.4, 0.5) is 11.4 Å². The molecule has 0 spiro atoms. The lowest BCUT2D eigenvalue weighted by Crippen LogP contribution is -2.43. The number of aryl methyl sites for hydroxylation is 1. The molecule has 0 amide bonds. The molecule has 0 aliphatic rings. The van der Waals surface area contributed by atoms with E-state index in [4.69, 9.17) is 5.73 Å². The van der Waals surface area contributed by atoms with Gasteiger partial charge in [-0.15, -0.1) is 0 Å². The summed E-state index contributed by atoms with van der Waals surface area (Å²) in [5.74, 6) is 0.463. The number of hydrogen-bond acceptors (Lipinski definition) is 4. The Kier molecular flexibility index (Phi) is 4.89. The summed E-state index contributed by atoms with van der Waals surface area (Å²) in [5, 5.41) is 14.3. The first-order valence-electron chi connectivity index (χ1n) is 6.51. The third kappa shape index (κ3) is 4.21. The number of benzene rings is 1. The zero-order valence-corrected chi connectivity index (χ0v) is 12.1. The van der Waals surface area contributed by atoms with Gasteiger partial charge in [0.15, 0.2) is 0 Å². The van der Waals surface area contributed by atoms with Crippen LogP contribution in [0.25, 0.3) is 0 Å². The van der Waals surface area contributed by atoms with Crippen LogP contribution in [0.1, 0.15) is 32.8 Å². The van der Waals surface area contributed by atoms with Crippen LogP contribution in [0.2, 0.25) is 0 Å². The summed E-state index contributed by atoms with van der Waals surface area (Å²) < 4.78 is 0. The Balaban J connectivity index is 3.08. The Morgan fingerprint density at radius 2 is 2.11 bits per heavy atom. The highest BCUT2D eigenvalue weighted by atomic mass is 16.6. The molecule has 19 heavy (non-hydrogen) atoms. The zero-order valence-electron chi connectivity index (χ0n) is 12.1. The van der Waals surface area contributed by atoms with E-state index in [1.54, 1.807) is 12.1 Å². The summed E-state index contributed by atoms with van der Waals surface area (Å²) in [7, 11) is 0. The molecule has 1 aromatic rings. The van der Waals surface area contributed by atoms with E-state index in [0.29, 0.717) is 18.2 Å². The van der Waals surface area contributed by atoms with Gasteiger partial charge < -0.3 is 11.1 Å². The van der Waals surface area contributed by atoms with Crippen molar-refractivity contribution in [3.05, 3.63) is 33.9 Å². The van der Waals surface area contributed by atoms with Crippen LogP contribution in [0.3, 0.4) is 0 Å². The quantitative estimate of drug-likeness (QED) is 0.611. The third-order valence-corrected chi connectivity index (χ3v) is 3.09. The summed E-state index contributed by atoms with van der Waals surface area (Å²) in [4.78, 5) is 10.7. The van der Waals surface area contributed by atoms with Gasteiger partial charge >= 0.3 is 0 Å². The van der Waals surface area contributed by atoms with Crippen molar-refractivity contribution in [2.75, 3.05) is 11.9 Å². The minimum Gasteiger partial charge on any atom is -0.373 e. The Hall–Kier alpha value is -1.62. The molecule has 1 aromatic carbocycles. The van der Waals surface area contributed by atoms with Gasteiger partial charge in [0.1, 0.15) is 5.69 Å². The lowest BCUT2D eigenvalue weighted by molar-refractivity contribution is -0.384. The summed E-state index contributed by atoms with van der Waals surface area (Å²) in [6.07, 6.45) is 0.856. The number of nitrogens with one attached hydrogen (secondary N) is 1. The van der Waals surface area contributed by atoms with Crippen molar-refractivity contribution in [2.45, 2.75) is 39.7 Å². The van der Waals surface area contributed by atoms with Gasteiger partial charge in [-0.2, -0.15) is 0 Å². The maximum atomic E-state index is 11.1. The van der Waals surface area contributed by atoms with E-state index < -0.39 is 0 Å². The second-order valence-corrected chi connectivity index (χ2v) is 5.77. The standard InChI is InChI=1S/C14H23N3O2/c1-10(2)8-14(4,9-15)16-12-7-11(3)5-6-13(12)17(18)19/h5-7,10,16H,8-9,15H2,1-4H3. The molecule has 1 unspecified atom stereocenters. The minimum atomic E-state index is -0.367. The molecule has 0 aliphatic carbocycles. The van der Waals surface area contributed by atoms with Gasteiger partial charge in [-0.25, -0.2) is 0 Å². The average molecular weight is 265 g/mol. The van der Waals surface area contributed by atoms with Crippen LogP contribution in [0.15, 0.2) is 18.2 Å². The minimum absolute atomic E-state index is 0.0917. The second-order valence-electron chi connectivity index (χ2n) is 5.77. The second kappa shape index (κ2) is 6.02. The Bertz CT molecular complexity index is 460. The van der Waals surface area contributed by atoms with Gasteiger partial charge in [-0.05, 0) is 37.8 Å². The number of nitro benzene ring substituents is 1. The van der Waals surface area contributed by atoms with Crippen LogP contribution in [-0.4, -0.2) is 17.0 Å².